The first-order valence-electron chi connectivity index (χ1n) is 5.14. The van der Waals surface area contributed by atoms with Gasteiger partial charge < -0.3 is 5.73 Å². The van der Waals surface area contributed by atoms with Crippen LogP contribution in [0.5, 0.6) is 0 Å². The first-order chi connectivity index (χ1) is 6.46. The second-order valence-corrected chi connectivity index (χ2v) is 5.97. The molecule has 0 unspecified atom stereocenters. The zero-order valence-corrected chi connectivity index (χ0v) is 9.81. The molecule has 1 rings (SSSR count). The van der Waals surface area contributed by atoms with Gasteiger partial charge in [-0.25, -0.2) is 8.42 Å². The monoisotopic (exact) mass is 220 g/mol. The van der Waals surface area contributed by atoms with Crippen LogP contribution in [0.25, 0.3) is 0 Å². The van der Waals surface area contributed by atoms with Crippen molar-refractivity contribution in [2.75, 3.05) is 19.3 Å². The fourth-order valence-corrected chi connectivity index (χ4v) is 3.94. The van der Waals surface area contributed by atoms with Crippen molar-refractivity contribution in [1.82, 2.24) is 4.31 Å². The number of hydrogen-bond donors (Lipinski definition) is 1. The van der Waals surface area contributed by atoms with Crippen LogP contribution in [0.2, 0.25) is 0 Å². The third-order valence-corrected chi connectivity index (χ3v) is 4.58. The minimum absolute atomic E-state index is 0.289. The van der Waals surface area contributed by atoms with Crippen molar-refractivity contribution in [2.45, 2.75) is 38.1 Å². The van der Waals surface area contributed by atoms with E-state index in [2.05, 4.69) is 0 Å². The van der Waals surface area contributed by atoms with Crippen LogP contribution in [0.4, 0.5) is 0 Å². The molecule has 0 saturated heterocycles. The van der Waals surface area contributed by atoms with Gasteiger partial charge in [0.2, 0.25) is 10.0 Å². The third kappa shape index (κ3) is 2.10. The molecule has 84 valence electrons. The number of nitrogens with zero attached hydrogens (tertiary/aromatic N) is 1. The van der Waals surface area contributed by atoms with Crippen LogP contribution >= 0.6 is 0 Å². The van der Waals surface area contributed by atoms with Crippen LogP contribution < -0.4 is 5.73 Å². The van der Waals surface area contributed by atoms with E-state index in [0.29, 0.717) is 13.1 Å². The Labute approximate surface area is 86.5 Å². The molecule has 0 spiro atoms. The van der Waals surface area contributed by atoms with Gasteiger partial charge in [-0.15, -0.1) is 0 Å². The van der Waals surface area contributed by atoms with Gasteiger partial charge in [0, 0.05) is 18.6 Å². The van der Waals surface area contributed by atoms with Crippen molar-refractivity contribution in [2.24, 2.45) is 5.73 Å². The Kier molecular flexibility index (Phi) is 3.55. The zero-order valence-electron chi connectivity index (χ0n) is 8.99. The molecule has 0 heterocycles. The molecule has 0 atom stereocenters. The van der Waals surface area contributed by atoms with Gasteiger partial charge >= 0.3 is 0 Å². The normalized spacial score (nSPS) is 21.7. The maximum Gasteiger partial charge on any atom is 0.211 e. The smallest absolute Gasteiger partial charge is 0.211 e. The van der Waals surface area contributed by atoms with Crippen LogP contribution in [0.15, 0.2) is 0 Å². The molecule has 0 aromatic heterocycles. The minimum atomic E-state index is -3.12. The number of sulfonamides is 1. The lowest BCUT2D eigenvalue weighted by Crippen LogP contribution is -2.54. The molecule has 14 heavy (non-hydrogen) atoms. The molecule has 2 N–H and O–H groups in total. The molecule has 0 bridgehead atoms. The van der Waals surface area contributed by atoms with Crippen molar-refractivity contribution < 1.29 is 8.42 Å². The Bertz CT molecular complexity index is 281. The van der Waals surface area contributed by atoms with Gasteiger partial charge in [-0.05, 0) is 12.8 Å². The molecule has 4 nitrogen and oxygen atoms in total. The van der Waals surface area contributed by atoms with Gasteiger partial charge in [-0.2, -0.15) is 4.31 Å². The lowest BCUT2D eigenvalue weighted by atomic mass is 9.98. The largest absolute Gasteiger partial charge is 0.329 e. The average Bonchev–Trinajstić information content (AvgIpc) is 2.53. The molecule has 0 aromatic rings. The number of rotatable bonds is 4. The summed E-state index contributed by atoms with van der Waals surface area (Å²) in [6, 6.07) is 0. The molecular weight excluding hydrogens is 200 g/mol. The van der Waals surface area contributed by atoms with Crippen molar-refractivity contribution in [3.63, 3.8) is 0 Å². The maximum atomic E-state index is 11.6. The van der Waals surface area contributed by atoms with E-state index in [9.17, 15) is 8.42 Å². The topological polar surface area (TPSA) is 63.4 Å². The van der Waals surface area contributed by atoms with E-state index >= 15 is 0 Å². The lowest BCUT2D eigenvalue weighted by molar-refractivity contribution is 0.206. The van der Waals surface area contributed by atoms with Crippen molar-refractivity contribution in [3.05, 3.63) is 0 Å². The summed E-state index contributed by atoms with van der Waals surface area (Å²) in [6.07, 6.45) is 5.26. The Morgan fingerprint density at radius 1 is 1.36 bits per heavy atom. The lowest BCUT2D eigenvalue weighted by Gasteiger charge is -2.38. The Morgan fingerprint density at radius 2 is 1.86 bits per heavy atom. The van der Waals surface area contributed by atoms with Crippen LogP contribution in [0.3, 0.4) is 0 Å². The highest BCUT2D eigenvalue weighted by Crippen LogP contribution is 2.35. The molecule has 0 aliphatic heterocycles. The van der Waals surface area contributed by atoms with Gasteiger partial charge in [0.05, 0.1) is 6.26 Å². The molecular formula is C9H20N2O2S. The molecule has 1 aliphatic carbocycles. The van der Waals surface area contributed by atoms with Crippen LogP contribution in [-0.2, 0) is 10.0 Å². The molecule has 0 radical (unpaired) electrons. The van der Waals surface area contributed by atoms with E-state index in [4.69, 9.17) is 5.73 Å². The fourth-order valence-electron chi connectivity index (χ4n) is 2.51. The van der Waals surface area contributed by atoms with E-state index in [1.807, 2.05) is 6.92 Å². The van der Waals surface area contributed by atoms with E-state index in [0.717, 1.165) is 25.7 Å². The Balaban J connectivity index is 2.96. The summed E-state index contributed by atoms with van der Waals surface area (Å²) >= 11 is 0. The van der Waals surface area contributed by atoms with Gasteiger partial charge in [0.25, 0.3) is 0 Å². The van der Waals surface area contributed by atoms with Crippen molar-refractivity contribution in [3.8, 4) is 0 Å². The summed E-state index contributed by atoms with van der Waals surface area (Å²) in [7, 11) is -3.12. The summed E-state index contributed by atoms with van der Waals surface area (Å²) in [4.78, 5) is 0. The number of nitrogens with two attached hydrogens (primary N) is 1. The summed E-state index contributed by atoms with van der Waals surface area (Å²) < 4.78 is 24.7. The zero-order chi connectivity index (χ0) is 10.8. The third-order valence-electron chi connectivity index (χ3n) is 3.13. The summed E-state index contributed by atoms with van der Waals surface area (Å²) in [5.74, 6) is 0. The van der Waals surface area contributed by atoms with Gasteiger partial charge in [-0.3, -0.25) is 0 Å². The Morgan fingerprint density at radius 3 is 2.14 bits per heavy atom. The maximum absolute atomic E-state index is 11.6. The molecule has 1 fully saturated rings. The predicted octanol–water partition coefficient (Wildman–Crippen LogP) is 0.539. The van der Waals surface area contributed by atoms with E-state index in [-0.39, 0.29) is 5.54 Å². The number of likely N-dealkylation sites (N-methyl/N-ethyl adjacent to an activating group) is 1. The standard InChI is InChI=1S/C9H20N2O2S/c1-3-11(14(2,12)13)9(8-10)6-4-5-7-9/h3-8,10H2,1-2H3. The van der Waals surface area contributed by atoms with Crippen LogP contribution in [0, 0.1) is 0 Å². The van der Waals surface area contributed by atoms with Crippen molar-refractivity contribution >= 4 is 10.0 Å². The quantitative estimate of drug-likeness (QED) is 0.752. The molecule has 1 saturated carbocycles. The Hall–Kier alpha value is -0.130. The highest BCUT2D eigenvalue weighted by molar-refractivity contribution is 7.88. The first-order valence-corrected chi connectivity index (χ1v) is 6.99. The SMILES string of the molecule is CCN(C1(CN)CCCC1)S(C)(=O)=O. The van der Waals surface area contributed by atoms with Crippen LogP contribution in [-0.4, -0.2) is 37.6 Å². The highest BCUT2D eigenvalue weighted by atomic mass is 32.2. The second-order valence-electron chi connectivity index (χ2n) is 4.06. The van der Waals surface area contributed by atoms with E-state index in [1.54, 1.807) is 4.31 Å². The second kappa shape index (κ2) is 4.16. The minimum Gasteiger partial charge on any atom is -0.329 e. The highest BCUT2D eigenvalue weighted by Gasteiger charge is 2.41. The number of hydrogen-bond acceptors (Lipinski definition) is 3. The van der Waals surface area contributed by atoms with Gasteiger partial charge in [0.15, 0.2) is 0 Å². The fraction of sp³-hybridized carbons (Fsp3) is 1.00. The van der Waals surface area contributed by atoms with E-state index < -0.39 is 10.0 Å². The van der Waals surface area contributed by atoms with Gasteiger partial charge in [-0.1, -0.05) is 19.8 Å². The molecule has 0 aromatic carbocycles. The summed E-state index contributed by atoms with van der Waals surface area (Å²) in [5, 5.41) is 0. The average molecular weight is 220 g/mol. The molecule has 1 aliphatic rings. The molecule has 0 amide bonds. The van der Waals surface area contributed by atoms with Crippen LogP contribution in [0.1, 0.15) is 32.6 Å². The van der Waals surface area contributed by atoms with E-state index in [1.165, 1.54) is 6.26 Å². The van der Waals surface area contributed by atoms with Gasteiger partial charge in [0.1, 0.15) is 0 Å². The summed E-state index contributed by atoms with van der Waals surface area (Å²) in [5.41, 5.74) is 5.45. The first kappa shape index (κ1) is 11.9. The van der Waals surface area contributed by atoms with Crippen molar-refractivity contribution in [1.29, 1.82) is 0 Å². The predicted molar refractivity (Wildman–Crippen MR) is 57.5 cm³/mol. The summed E-state index contributed by atoms with van der Waals surface area (Å²) in [6.45, 7) is 2.83. The molecule has 5 heteroatoms.